The van der Waals surface area contributed by atoms with E-state index in [9.17, 15) is 10.2 Å². The Hall–Kier alpha value is -0.750. The Balaban J connectivity index is 2.75. The Labute approximate surface area is 99.5 Å². The van der Waals surface area contributed by atoms with Crippen LogP contribution < -0.4 is 5.32 Å². The Bertz CT molecular complexity index is 349. The van der Waals surface area contributed by atoms with Crippen molar-refractivity contribution in [3.63, 3.8) is 0 Å². The fraction of sp³-hybridized carbons (Fsp3) is 0.600. The van der Waals surface area contributed by atoms with Crippen molar-refractivity contribution < 1.29 is 10.2 Å². The molecule has 0 aliphatic rings. The van der Waals surface area contributed by atoms with Crippen molar-refractivity contribution in [1.29, 1.82) is 0 Å². The van der Waals surface area contributed by atoms with E-state index in [-0.39, 0.29) is 5.28 Å². The zero-order valence-electron chi connectivity index (χ0n) is 9.31. The molecule has 1 aromatic rings. The van der Waals surface area contributed by atoms with Crippen LogP contribution in [0.4, 0.5) is 0 Å². The third-order valence-electron chi connectivity index (χ3n) is 2.36. The third-order valence-corrected chi connectivity index (χ3v) is 2.54. The van der Waals surface area contributed by atoms with E-state index in [1.165, 1.54) is 6.20 Å². The topological polar surface area (TPSA) is 78.3 Å². The minimum absolute atomic E-state index is 0.137. The van der Waals surface area contributed by atoms with E-state index < -0.39 is 12.2 Å². The number of hydrogen-bond donors (Lipinski definition) is 3. The number of halogens is 1. The average Bonchev–Trinajstić information content (AvgIpc) is 2.25. The summed E-state index contributed by atoms with van der Waals surface area (Å²) in [5.41, 5.74) is 1.09. The molecule has 1 heterocycles. The van der Waals surface area contributed by atoms with Crippen LogP contribution in [0.25, 0.3) is 0 Å². The van der Waals surface area contributed by atoms with E-state index in [1.807, 2.05) is 0 Å². The fourth-order valence-electron chi connectivity index (χ4n) is 1.40. The van der Waals surface area contributed by atoms with Crippen LogP contribution in [0.5, 0.6) is 0 Å². The maximum absolute atomic E-state index is 9.89. The summed E-state index contributed by atoms with van der Waals surface area (Å²) < 4.78 is 0. The lowest BCUT2D eigenvalue weighted by molar-refractivity contribution is 0.0132. The zero-order valence-corrected chi connectivity index (χ0v) is 10.1. The first-order valence-corrected chi connectivity index (χ1v) is 5.43. The van der Waals surface area contributed by atoms with Crippen molar-refractivity contribution in [3.05, 3.63) is 22.7 Å². The highest BCUT2D eigenvalue weighted by Gasteiger charge is 2.20. The summed E-state index contributed by atoms with van der Waals surface area (Å²) in [5.74, 6) is 0. The first-order valence-electron chi connectivity index (χ1n) is 5.06. The van der Waals surface area contributed by atoms with Gasteiger partial charge in [0.05, 0.1) is 6.10 Å². The molecular formula is C10H16ClN3O2. The van der Waals surface area contributed by atoms with Crippen LogP contribution in [0, 0.1) is 6.92 Å². The van der Waals surface area contributed by atoms with Gasteiger partial charge in [0.15, 0.2) is 0 Å². The number of aliphatic hydroxyl groups excluding tert-OH is 2. The van der Waals surface area contributed by atoms with Crippen molar-refractivity contribution in [2.75, 3.05) is 13.6 Å². The molecule has 0 aromatic carbocycles. The third kappa shape index (κ3) is 3.38. The minimum atomic E-state index is -0.981. The molecule has 0 amide bonds. The molecule has 0 saturated carbocycles. The van der Waals surface area contributed by atoms with Gasteiger partial charge in [-0.05, 0) is 38.5 Å². The van der Waals surface area contributed by atoms with Gasteiger partial charge < -0.3 is 15.5 Å². The first-order chi connectivity index (χ1) is 7.56. The highest BCUT2D eigenvalue weighted by molar-refractivity contribution is 6.28. The fourth-order valence-corrected chi connectivity index (χ4v) is 1.57. The average molecular weight is 246 g/mol. The van der Waals surface area contributed by atoms with Gasteiger partial charge in [0.1, 0.15) is 6.10 Å². The Morgan fingerprint density at radius 1 is 1.50 bits per heavy atom. The van der Waals surface area contributed by atoms with Gasteiger partial charge in [-0.1, -0.05) is 0 Å². The molecule has 0 aliphatic heterocycles. The number of aryl methyl sites for hydroxylation is 1. The molecule has 2 atom stereocenters. The monoisotopic (exact) mass is 245 g/mol. The van der Waals surface area contributed by atoms with Crippen LogP contribution >= 0.6 is 11.6 Å². The number of nitrogens with one attached hydrogen (secondary N) is 1. The maximum Gasteiger partial charge on any atom is 0.222 e. The molecule has 0 fully saturated rings. The summed E-state index contributed by atoms with van der Waals surface area (Å²) in [4.78, 5) is 7.72. The summed E-state index contributed by atoms with van der Waals surface area (Å²) >= 11 is 5.61. The minimum Gasteiger partial charge on any atom is -0.390 e. The summed E-state index contributed by atoms with van der Waals surface area (Å²) in [5, 5.41) is 22.6. The Kier molecular flexibility index (Phi) is 5.08. The van der Waals surface area contributed by atoms with Crippen molar-refractivity contribution in [2.45, 2.75) is 25.6 Å². The van der Waals surface area contributed by atoms with Crippen LogP contribution in [-0.2, 0) is 0 Å². The Morgan fingerprint density at radius 3 is 2.75 bits per heavy atom. The second-order valence-electron chi connectivity index (χ2n) is 3.58. The number of hydrogen-bond acceptors (Lipinski definition) is 5. The van der Waals surface area contributed by atoms with Crippen molar-refractivity contribution in [2.24, 2.45) is 0 Å². The summed E-state index contributed by atoms with van der Waals surface area (Å²) in [6.07, 6.45) is 0.0824. The van der Waals surface area contributed by atoms with Crippen molar-refractivity contribution in [3.8, 4) is 0 Å². The van der Waals surface area contributed by atoms with E-state index in [0.717, 1.165) is 0 Å². The standard InChI is InChI=1S/C10H16ClN3O2/c1-6-7(5-13-10(11)14-6)9(16)8(15)3-4-12-2/h5,8-9,12,15-16H,3-4H2,1-2H3. The molecule has 0 spiro atoms. The largest absolute Gasteiger partial charge is 0.390 e. The second kappa shape index (κ2) is 6.10. The number of rotatable bonds is 5. The maximum atomic E-state index is 9.89. The molecule has 16 heavy (non-hydrogen) atoms. The lowest BCUT2D eigenvalue weighted by Gasteiger charge is -2.18. The van der Waals surface area contributed by atoms with E-state index in [4.69, 9.17) is 11.6 Å². The van der Waals surface area contributed by atoms with Crippen LogP contribution in [-0.4, -0.2) is 39.9 Å². The normalized spacial score (nSPS) is 14.8. The molecular weight excluding hydrogens is 230 g/mol. The smallest absolute Gasteiger partial charge is 0.222 e. The van der Waals surface area contributed by atoms with Crippen LogP contribution in [0.3, 0.4) is 0 Å². The first kappa shape index (κ1) is 13.3. The quantitative estimate of drug-likeness (QED) is 0.657. The molecule has 6 heteroatoms. The molecule has 3 N–H and O–H groups in total. The highest BCUT2D eigenvalue weighted by Crippen LogP contribution is 2.21. The van der Waals surface area contributed by atoms with E-state index >= 15 is 0 Å². The SMILES string of the molecule is CNCCC(O)C(O)c1cnc(Cl)nc1C. The predicted octanol–water partition coefficient (Wildman–Crippen LogP) is 0.442. The Morgan fingerprint density at radius 2 is 2.19 bits per heavy atom. The van der Waals surface area contributed by atoms with Gasteiger partial charge in [0.2, 0.25) is 5.28 Å². The number of aromatic nitrogens is 2. The summed E-state index contributed by atoms with van der Waals surface area (Å²) in [6, 6.07) is 0. The zero-order chi connectivity index (χ0) is 12.1. The van der Waals surface area contributed by atoms with Gasteiger partial charge in [-0.25, -0.2) is 9.97 Å². The van der Waals surface area contributed by atoms with Gasteiger partial charge >= 0.3 is 0 Å². The van der Waals surface area contributed by atoms with Crippen LogP contribution in [0.1, 0.15) is 23.8 Å². The van der Waals surface area contributed by atoms with Gasteiger partial charge in [0.25, 0.3) is 0 Å². The number of aliphatic hydroxyl groups is 2. The lowest BCUT2D eigenvalue weighted by Crippen LogP contribution is -2.24. The lowest BCUT2D eigenvalue weighted by atomic mass is 10.0. The van der Waals surface area contributed by atoms with Gasteiger partial charge in [-0.15, -0.1) is 0 Å². The molecule has 90 valence electrons. The molecule has 5 nitrogen and oxygen atoms in total. The van der Waals surface area contributed by atoms with Crippen LogP contribution in [0.2, 0.25) is 5.28 Å². The van der Waals surface area contributed by atoms with Crippen molar-refractivity contribution >= 4 is 11.6 Å². The molecule has 0 saturated heterocycles. The predicted molar refractivity (Wildman–Crippen MR) is 61.3 cm³/mol. The second-order valence-corrected chi connectivity index (χ2v) is 3.92. The summed E-state index contributed by atoms with van der Waals surface area (Å²) in [6.45, 7) is 2.35. The van der Waals surface area contributed by atoms with Crippen LogP contribution in [0.15, 0.2) is 6.20 Å². The summed E-state index contributed by atoms with van der Waals surface area (Å²) in [7, 11) is 1.79. The van der Waals surface area contributed by atoms with E-state index in [2.05, 4.69) is 15.3 Å². The van der Waals surface area contributed by atoms with Crippen molar-refractivity contribution in [1.82, 2.24) is 15.3 Å². The molecule has 1 rings (SSSR count). The molecule has 0 radical (unpaired) electrons. The molecule has 1 aromatic heterocycles. The van der Waals surface area contributed by atoms with E-state index in [1.54, 1.807) is 14.0 Å². The molecule has 0 aliphatic carbocycles. The molecule has 0 bridgehead atoms. The molecule has 2 unspecified atom stereocenters. The van der Waals surface area contributed by atoms with Gasteiger partial charge in [0, 0.05) is 17.5 Å². The highest BCUT2D eigenvalue weighted by atomic mass is 35.5. The van der Waals surface area contributed by atoms with Gasteiger partial charge in [-0.2, -0.15) is 0 Å². The van der Waals surface area contributed by atoms with Gasteiger partial charge in [-0.3, -0.25) is 0 Å². The van der Waals surface area contributed by atoms with E-state index in [0.29, 0.717) is 24.2 Å². The number of nitrogens with zero attached hydrogens (tertiary/aromatic N) is 2.